The fourth-order valence-electron chi connectivity index (χ4n) is 2.75. The first-order valence-electron chi connectivity index (χ1n) is 8.64. The molecule has 6 nitrogen and oxygen atoms in total. The first kappa shape index (κ1) is 20.7. The summed E-state index contributed by atoms with van der Waals surface area (Å²) in [5.74, 6) is -1.20. The fourth-order valence-corrected chi connectivity index (χ4v) is 3.18. The van der Waals surface area contributed by atoms with Gasteiger partial charge in [-0.05, 0) is 47.0 Å². The number of esters is 1. The molecule has 0 radical (unpaired) electrons. The third-order valence-corrected chi connectivity index (χ3v) is 5.33. The summed E-state index contributed by atoms with van der Waals surface area (Å²) in [5, 5.41) is 5.98. The molecule has 0 saturated heterocycles. The SMILES string of the molecule is O=C(COC(=O)CCC(=O)NC1CCCCC1)Nc1ccc(Br)c(Cl)c1. The highest BCUT2D eigenvalue weighted by molar-refractivity contribution is 9.10. The third kappa shape index (κ3) is 7.33. The van der Waals surface area contributed by atoms with Crippen molar-refractivity contribution in [1.29, 1.82) is 0 Å². The van der Waals surface area contributed by atoms with Gasteiger partial charge in [0, 0.05) is 22.6 Å². The van der Waals surface area contributed by atoms with E-state index in [2.05, 4.69) is 26.6 Å². The van der Waals surface area contributed by atoms with Crippen molar-refractivity contribution in [3.63, 3.8) is 0 Å². The van der Waals surface area contributed by atoms with Gasteiger partial charge in [0.2, 0.25) is 5.91 Å². The molecule has 8 heteroatoms. The number of halogens is 2. The minimum absolute atomic E-state index is 0.0457. The lowest BCUT2D eigenvalue weighted by molar-refractivity contribution is -0.148. The number of hydrogen-bond acceptors (Lipinski definition) is 4. The standard InChI is InChI=1S/C18H22BrClN2O4/c19-14-7-6-13(10-15(14)20)22-17(24)11-26-18(25)9-8-16(23)21-12-4-2-1-3-5-12/h6-7,10,12H,1-5,8-9,11H2,(H,21,23)(H,22,24). The molecule has 0 bridgehead atoms. The Morgan fingerprint density at radius 1 is 1.12 bits per heavy atom. The maximum absolute atomic E-state index is 11.8. The molecule has 0 unspecified atom stereocenters. The Morgan fingerprint density at radius 2 is 1.85 bits per heavy atom. The van der Waals surface area contributed by atoms with Gasteiger partial charge < -0.3 is 15.4 Å². The van der Waals surface area contributed by atoms with E-state index >= 15 is 0 Å². The molecule has 1 saturated carbocycles. The van der Waals surface area contributed by atoms with Crippen molar-refractivity contribution < 1.29 is 19.1 Å². The molecule has 0 heterocycles. The zero-order valence-corrected chi connectivity index (χ0v) is 16.7. The van der Waals surface area contributed by atoms with Gasteiger partial charge in [-0.1, -0.05) is 30.9 Å². The summed E-state index contributed by atoms with van der Waals surface area (Å²) >= 11 is 9.20. The number of ether oxygens (including phenoxy) is 1. The third-order valence-electron chi connectivity index (χ3n) is 4.09. The molecule has 0 atom stereocenters. The van der Waals surface area contributed by atoms with E-state index in [0.717, 1.165) is 30.2 Å². The van der Waals surface area contributed by atoms with Gasteiger partial charge in [-0.25, -0.2) is 0 Å². The van der Waals surface area contributed by atoms with Crippen molar-refractivity contribution in [3.05, 3.63) is 27.7 Å². The van der Waals surface area contributed by atoms with E-state index in [4.69, 9.17) is 16.3 Å². The molecule has 1 aliphatic carbocycles. The molecule has 142 valence electrons. The number of carbonyl (C=O) groups excluding carboxylic acids is 3. The Balaban J connectivity index is 1.63. The highest BCUT2D eigenvalue weighted by Crippen LogP contribution is 2.25. The van der Waals surface area contributed by atoms with Crippen LogP contribution >= 0.6 is 27.5 Å². The number of carbonyl (C=O) groups is 3. The Bertz CT molecular complexity index is 663. The van der Waals surface area contributed by atoms with Gasteiger partial charge in [-0.3, -0.25) is 14.4 Å². The molecular formula is C18H22BrClN2O4. The largest absolute Gasteiger partial charge is 0.456 e. The first-order valence-corrected chi connectivity index (χ1v) is 9.81. The minimum Gasteiger partial charge on any atom is -0.456 e. The van der Waals surface area contributed by atoms with Crippen LogP contribution in [0.2, 0.25) is 5.02 Å². The summed E-state index contributed by atoms with van der Waals surface area (Å²) in [6.07, 6.45) is 5.49. The number of benzene rings is 1. The van der Waals surface area contributed by atoms with Crippen molar-refractivity contribution in [2.24, 2.45) is 0 Å². The van der Waals surface area contributed by atoms with Gasteiger partial charge in [0.05, 0.1) is 11.4 Å². The second-order valence-electron chi connectivity index (χ2n) is 6.24. The van der Waals surface area contributed by atoms with Crippen LogP contribution in [-0.4, -0.2) is 30.4 Å². The van der Waals surface area contributed by atoms with Gasteiger partial charge >= 0.3 is 5.97 Å². The van der Waals surface area contributed by atoms with Crippen molar-refractivity contribution in [2.45, 2.75) is 51.0 Å². The van der Waals surface area contributed by atoms with Crippen molar-refractivity contribution in [3.8, 4) is 0 Å². The molecule has 2 amide bonds. The maximum atomic E-state index is 11.8. The summed E-state index contributed by atoms with van der Waals surface area (Å²) in [6, 6.07) is 5.18. The van der Waals surface area contributed by atoms with Crippen molar-refractivity contribution in [2.75, 3.05) is 11.9 Å². The molecule has 1 aromatic carbocycles. The second-order valence-corrected chi connectivity index (χ2v) is 7.50. The van der Waals surface area contributed by atoms with Crippen molar-refractivity contribution in [1.82, 2.24) is 5.32 Å². The predicted molar refractivity (Wildman–Crippen MR) is 103 cm³/mol. The Morgan fingerprint density at radius 3 is 2.54 bits per heavy atom. The zero-order chi connectivity index (χ0) is 18.9. The van der Waals surface area contributed by atoms with Crippen LogP contribution in [0, 0.1) is 0 Å². The monoisotopic (exact) mass is 444 g/mol. The van der Waals surface area contributed by atoms with Crippen LogP contribution in [-0.2, 0) is 19.1 Å². The predicted octanol–water partition coefficient (Wildman–Crippen LogP) is 3.81. The molecule has 2 rings (SSSR count). The summed E-state index contributed by atoms with van der Waals surface area (Å²) < 4.78 is 5.61. The van der Waals surface area contributed by atoms with Crippen LogP contribution < -0.4 is 10.6 Å². The summed E-state index contributed by atoms with van der Waals surface area (Å²) in [5.41, 5.74) is 0.506. The summed E-state index contributed by atoms with van der Waals surface area (Å²) in [7, 11) is 0. The lowest BCUT2D eigenvalue weighted by Crippen LogP contribution is -2.36. The topological polar surface area (TPSA) is 84.5 Å². The average Bonchev–Trinajstić information content (AvgIpc) is 2.62. The van der Waals surface area contributed by atoms with Crippen molar-refractivity contribution >= 4 is 51.0 Å². The van der Waals surface area contributed by atoms with Crippen LogP contribution in [0.25, 0.3) is 0 Å². The number of nitrogens with one attached hydrogen (secondary N) is 2. The van der Waals surface area contributed by atoms with E-state index < -0.39 is 18.5 Å². The van der Waals surface area contributed by atoms with E-state index in [-0.39, 0.29) is 24.8 Å². The quantitative estimate of drug-likeness (QED) is 0.625. The Kier molecular flexibility index (Phi) is 8.38. The Labute approximate surface area is 166 Å². The van der Waals surface area contributed by atoms with E-state index in [1.165, 1.54) is 6.42 Å². The van der Waals surface area contributed by atoms with Gasteiger partial charge in [-0.15, -0.1) is 0 Å². The van der Waals surface area contributed by atoms with Crippen LogP contribution in [0.15, 0.2) is 22.7 Å². The number of anilines is 1. The van der Waals surface area contributed by atoms with Gasteiger partial charge in [0.15, 0.2) is 6.61 Å². The Hall–Kier alpha value is -1.60. The first-order chi connectivity index (χ1) is 12.4. The molecule has 1 aliphatic rings. The average molecular weight is 446 g/mol. The number of hydrogen-bond donors (Lipinski definition) is 2. The normalized spacial score (nSPS) is 14.5. The van der Waals surface area contributed by atoms with Crippen LogP contribution in [0.4, 0.5) is 5.69 Å². The molecule has 1 fully saturated rings. The minimum atomic E-state index is -0.576. The second kappa shape index (κ2) is 10.5. The summed E-state index contributed by atoms with van der Waals surface area (Å²) in [6.45, 7) is -0.406. The number of amides is 2. The van der Waals surface area contributed by atoms with Crippen LogP contribution in [0.3, 0.4) is 0 Å². The lowest BCUT2D eigenvalue weighted by Gasteiger charge is -2.22. The fraction of sp³-hybridized carbons (Fsp3) is 0.500. The van der Waals surface area contributed by atoms with E-state index in [9.17, 15) is 14.4 Å². The molecule has 0 aromatic heterocycles. The molecule has 0 aliphatic heterocycles. The van der Waals surface area contributed by atoms with Crippen LogP contribution in [0.5, 0.6) is 0 Å². The highest BCUT2D eigenvalue weighted by Gasteiger charge is 2.17. The molecule has 1 aromatic rings. The molecular weight excluding hydrogens is 424 g/mol. The zero-order valence-electron chi connectivity index (χ0n) is 14.4. The molecule has 0 spiro atoms. The van der Waals surface area contributed by atoms with E-state index in [1.54, 1.807) is 18.2 Å². The summed E-state index contributed by atoms with van der Waals surface area (Å²) in [4.78, 5) is 35.3. The van der Waals surface area contributed by atoms with Gasteiger partial charge in [0.1, 0.15) is 0 Å². The molecule has 26 heavy (non-hydrogen) atoms. The molecule has 2 N–H and O–H groups in total. The van der Waals surface area contributed by atoms with Gasteiger partial charge in [0.25, 0.3) is 5.91 Å². The van der Waals surface area contributed by atoms with E-state index in [1.807, 2.05) is 0 Å². The lowest BCUT2D eigenvalue weighted by atomic mass is 9.95. The number of rotatable bonds is 7. The highest BCUT2D eigenvalue weighted by atomic mass is 79.9. The van der Waals surface area contributed by atoms with Crippen LogP contribution in [0.1, 0.15) is 44.9 Å². The smallest absolute Gasteiger partial charge is 0.306 e. The van der Waals surface area contributed by atoms with Gasteiger partial charge in [-0.2, -0.15) is 0 Å². The maximum Gasteiger partial charge on any atom is 0.306 e. The van der Waals surface area contributed by atoms with E-state index in [0.29, 0.717) is 10.7 Å².